The first-order chi connectivity index (χ1) is 9.40. The summed E-state index contributed by atoms with van der Waals surface area (Å²) in [7, 11) is 0. The maximum atomic E-state index is 12.4. The van der Waals surface area contributed by atoms with Gasteiger partial charge in [-0.25, -0.2) is 4.98 Å². The molecule has 6 nitrogen and oxygen atoms in total. The summed E-state index contributed by atoms with van der Waals surface area (Å²) in [6.07, 6.45) is 0.945. The molecular weight excluding hydrogens is 258 g/mol. The largest absolute Gasteiger partial charge is 0.391 e. The molecule has 110 valence electrons. The fourth-order valence-corrected chi connectivity index (χ4v) is 2.43. The van der Waals surface area contributed by atoms with Crippen LogP contribution in [-0.2, 0) is 0 Å². The fraction of sp³-hybridized carbons (Fsp3) is 0.643. The Morgan fingerprint density at radius 1 is 1.50 bits per heavy atom. The summed E-state index contributed by atoms with van der Waals surface area (Å²) in [4.78, 5) is 33.1. The molecule has 6 heteroatoms. The number of aliphatic hydroxyl groups is 1. The first-order valence-electron chi connectivity index (χ1n) is 6.98. The Morgan fingerprint density at radius 3 is 2.75 bits per heavy atom. The normalized spacial score (nSPS) is 19.4. The number of β-amino-alcohol motifs (C(OH)–C–C–N with tert-alkyl or cyclic N) is 1. The van der Waals surface area contributed by atoms with Crippen LogP contribution in [-0.4, -0.2) is 45.1 Å². The van der Waals surface area contributed by atoms with Crippen molar-refractivity contribution in [3.63, 3.8) is 0 Å². The van der Waals surface area contributed by atoms with Crippen molar-refractivity contribution < 1.29 is 9.90 Å². The van der Waals surface area contributed by atoms with E-state index in [0.29, 0.717) is 24.5 Å². The Kier molecular flexibility index (Phi) is 4.23. The average molecular weight is 279 g/mol. The molecule has 20 heavy (non-hydrogen) atoms. The first kappa shape index (κ1) is 14.7. The third-order valence-corrected chi connectivity index (χ3v) is 3.56. The molecule has 1 aromatic heterocycles. The number of aryl methyl sites for hydroxylation is 1. The zero-order valence-electron chi connectivity index (χ0n) is 12.1. The second kappa shape index (κ2) is 5.75. The van der Waals surface area contributed by atoms with Crippen LogP contribution in [0.3, 0.4) is 0 Å². The van der Waals surface area contributed by atoms with Crippen LogP contribution >= 0.6 is 0 Å². The summed E-state index contributed by atoms with van der Waals surface area (Å²) in [6, 6.07) is 0. The average Bonchev–Trinajstić information content (AvgIpc) is 2.37. The van der Waals surface area contributed by atoms with E-state index >= 15 is 0 Å². The van der Waals surface area contributed by atoms with Crippen molar-refractivity contribution in [3.8, 4) is 0 Å². The summed E-state index contributed by atoms with van der Waals surface area (Å²) >= 11 is 0. The van der Waals surface area contributed by atoms with Crippen molar-refractivity contribution in [2.24, 2.45) is 0 Å². The number of amides is 1. The molecule has 0 saturated carbocycles. The van der Waals surface area contributed by atoms with E-state index in [9.17, 15) is 14.7 Å². The Bertz CT molecular complexity index is 565. The molecule has 1 aromatic rings. The lowest BCUT2D eigenvalue weighted by molar-refractivity contribution is 0.0471. The van der Waals surface area contributed by atoms with Gasteiger partial charge in [0.25, 0.3) is 11.5 Å². The summed E-state index contributed by atoms with van der Waals surface area (Å²) in [5, 5.41) is 9.64. The first-order valence-corrected chi connectivity index (χ1v) is 6.98. The quantitative estimate of drug-likeness (QED) is 0.838. The molecule has 1 fully saturated rings. The molecule has 0 spiro atoms. The number of H-pyrrole nitrogens is 1. The van der Waals surface area contributed by atoms with E-state index in [1.165, 1.54) is 4.90 Å². The standard InChI is InChI=1S/C14H21N3O3/c1-8(2)12-15-9(3)11(13(19)16-12)14(20)17-6-4-5-10(18)7-17/h8,10,18H,4-7H2,1-3H3,(H,15,16,19)/t10-/m0/s1. The van der Waals surface area contributed by atoms with Gasteiger partial charge in [0, 0.05) is 19.0 Å². The number of nitrogens with one attached hydrogen (secondary N) is 1. The monoisotopic (exact) mass is 279 g/mol. The minimum atomic E-state index is -0.505. The third-order valence-electron chi connectivity index (χ3n) is 3.56. The lowest BCUT2D eigenvalue weighted by atomic mass is 10.1. The van der Waals surface area contributed by atoms with Crippen LogP contribution in [0.25, 0.3) is 0 Å². The molecule has 1 aliphatic heterocycles. The second-order valence-electron chi connectivity index (χ2n) is 5.61. The smallest absolute Gasteiger partial charge is 0.264 e. The van der Waals surface area contributed by atoms with Gasteiger partial charge in [0.1, 0.15) is 11.4 Å². The van der Waals surface area contributed by atoms with Crippen LogP contribution in [0.4, 0.5) is 0 Å². The molecule has 0 aliphatic carbocycles. The highest BCUT2D eigenvalue weighted by Gasteiger charge is 2.26. The predicted molar refractivity (Wildman–Crippen MR) is 74.8 cm³/mol. The number of aromatic nitrogens is 2. The lowest BCUT2D eigenvalue weighted by Crippen LogP contribution is -2.44. The highest BCUT2D eigenvalue weighted by Crippen LogP contribution is 2.14. The lowest BCUT2D eigenvalue weighted by Gasteiger charge is -2.30. The number of hydrogen-bond acceptors (Lipinski definition) is 4. The number of carbonyl (C=O) groups is 1. The number of aliphatic hydroxyl groups excluding tert-OH is 1. The van der Waals surface area contributed by atoms with Gasteiger partial charge < -0.3 is 15.0 Å². The number of carbonyl (C=O) groups excluding carboxylic acids is 1. The number of nitrogens with zero attached hydrogens (tertiary/aromatic N) is 2. The molecule has 1 amide bonds. The van der Waals surface area contributed by atoms with Crippen molar-refractivity contribution in [2.45, 2.75) is 45.6 Å². The van der Waals surface area contributed by atoms with Gasteiger partial charge in [-0.05, 0) is 19.8 Å². The Labute approximate surface area is 117 Å². The van der Waals surface area contributed by atoms with E-state index in [1.807, 2.05) is 13.8 Å². The van der Waals surface area contributed by atoms with Crippen LogP contribution in [0.2, 0.25) is 0 Å². The zero-order valence-corrected chi connectivity index (χ0v) is 12.1. The van der Waals surface area contributed by atoms with Gasteiger partial charge in [-0.15, -0.1) is 0 Å². The number of rotatable bonds is 2. The predicted octanol–water partition coefficient (Wildman–Crippen LogP) is 0.799. The van der Waals surface area contributed by atoms with Gasteiger partial charge in [0.2, 0.25) is 0 Å². The van der Waals surface area contributed by atoms with E-state index in [-0.39, 0.29) is 23.9 Å². The fourth-order valence-electron chi connectivity index (χ4n) is 2.43. The third kappa shape index (κ3) is 2.90. The molecule has 1 aliphatic rings. The topological polar surface area (TPSA) is 86.3 Å². The summed E-state index contributed by atoms with van der Waals surface area (Å²) in [5.41, 5.74) is 0.136. The van der Waals surface area contributed by atoms with Gasteiger partial charge in [-0.1, -0.05) is 13.8 Å². The van der Waals surface area contributed by atoms with Gasteiger partial charge in [-0.3, -0.25) is 9.59 Å². The van der Waals surface area contributed by atoms with Crippen molar-refractivity contribution >= 4 is 5.91 Å². The van der Waals surface area contributed by atoms with Crippen molar-refractivity contribution in [3.05, 3.63) is 27.4 Å². The van der Waals surface area contributed by atoms with Gasteiger partial charge in [-0.2, -0.15) is 0 Å². The summed E-state index contributed by atoms with van der Waals surface area (Å²) in [5.74, 6) is 0.343. The molecule has 0 unspecified atom stereocenters. The minimum Gasteiger partial charge on any atom is -0.391 e. The molecule has 0 aromatic carbocycles. The molecular formula is C14H21N3O3. The molecule has 1 saturated heterocycles. The van der Waals surface area contributed by atoms with Crippen molar-refractivity contribution in [1.29, 1.82) is 0 Å². The van der Waals surface area contributed by atoms with Crippen LogP contribution in [0, 0.1) is 6.92 Å². The highest BCUT2D eigenvalue weighted by atomic mass is 16.3. The van der Waals surface area contributed by atoms with E-state index < -0.39 is 11.7 Å². The van der Waals surface area contributed by atoms with Crippen molar-refractivity contribution in [2.75, 3.05) is 13.1 Å². The van der Waals surface area contributed by atoms with Gasteiger partial charge >= 0.3 is 0 Å². The maximum absolute atomic E-state index is 12.4. The molecule has 2 rings (SSSR count). The molecule has 2 N–H and O–H groups in total. The van der Waals surface area contributed by atoms with Crippen LogP contribution in [0.1, 0.15) is 54.5 Å². The van der Waals surface area contributed by atoms with E-state index in [1.54, 1.807) is 6.92 Å². The number of hydrogen-bond donors (Lipinski definition) is 2. The molecule has 0 radical (unpaired) electrons. The van der Waals surface area contributed by atoms with Crippen LogP contribution in [0.15, 0.2) is 4.79 Å². The summed E-state index contributed by atoms with van der Waals surface area (Å²) < 4.78 is 0. The Morgan fingerprint density at radius 2 is 2.20 bits per heavy atom. The van der Waals surface area contributed by atoms with Crippen LogP contribution in [0.5, 0.6) is 0 Å². The van der Waals surface area contributed by atoms with E-state index in [2.05, 4.69) is 9.97 Å². The Balaban J connectivity index is 2.33. The zero-order chi connectivity index (χ0) is 14.9. The van der Waals surface area contributed by atoms with E-state index in [0.717, 1.165) is 6.42 Å². The van der Waals surface area contributed by atoms with Crippen LogP contribution < -0.4 is 5.56 Å². The SMILES string of the molecule is Cc1nc(C(C)C)[nH]c(=O)c1C(=O)N1CCC[C@H](O)C1. The summed E-state index contributed by atoms with van der Waals surface area (Å²) in [6.45, 7) is 6.39. The minimum absolute atomic E-state index is 0.0866. The highest BCUT2D eigenvalue weighted by molar-refractivity contribution is 5.94. The number of piperidine rings is 1. The van der Waals surface area contributed by atoms with Gasteiger partial charge in [0.15, 0.2) is 0 Å². The van der Waals surface area contributed by atoms with E-state index in [4.69, 9.17) is 0 Å². The number of aromatic amines is 1. The maximum Gasteiger partial charge on any atom is 0.264 e. The second-order valence-corrected chi connectivity index (χ2v) is 5.61. The number of likely N-dealkylation sites (tertiary alicyclic amines) is 1. The molecule has 0 bridgehead atoms. The van der Waals surface area contributed by atoms with Crippen molar-refractivity contribution in [1.82, 2.24) is 14.9 Å². The molecule has 1 atom stereocenters. The Hall–Kier alpha value is -1.69. The molecule has 2 heterocycles. The van der Waals surface area contributed by atoms with Gasteiger partial charge in [0.05, 0.1) is 11.8 Å².